The zero-order valence-electron chi connectivity index (χ0n) is 13.2. The first-order chi connectivity index (χ1) is 11.7. The number of amides is 1. The van der Waals surface area contributed by atoms with Crippen molar-refractivity contribution >= 4 is 11.7 Å². The molecular formula is C14H16N8O2. The van der Waals surface area contributed by atoms with Gasteiger partial charge in [-0.05, 0) is 6.92 Å². The Morgan fingerprint density at radius 2 is 2.21 bits per heavy atom. The number of nitrogens with one attached hydrogen (secondary N) is 1. The molecule has 0 unspecified atom stereocenters. The minimum atomic E-state index is -0.251. The van der Waals surface area contributed by atoms with Gasteiger partial charge >= 0.3 is 0 Å². The standard InChI is InChI=1S/C14H16N8O2/c1-3-22-17-7-11(20-22)18-12(23)9-21-8-10(6-16-21)14-15-5-4-13(19-14)24-2/h4-8H,3,9H2,1-2H3,(H,18,20,23). The van der Waals surface area contributed by atoms with Gasteiger partial charge in [-0.1, -0.05) is 0 Å². The van der Waals surface area contributed by atoms with Crippen LogP contribution in [-0.2, 0) is 17.9 Å². The van der Waals surface area contributed by atoms with Crippen molar-refractivity contribution in [1.29, 1.82) is 0 Å². The van der Waals surface area contributed by atoms with Gasteiger partial charge in [0.15, 0.2) is 11.6 Å². The van der Waals surface area contributed by atoms with Crippen LogP contribution >= 0.6 is 0 Å². The van der Waals surface area contributed by atoms with Gasteiger partial charge in [-0.2, -0.15) is 20.0 Å². The Morgan fingerprint density at radius 3 is 2.96 bits per heavy atom. The summed E-state index contributed by atoms with van der Waals surface area (Å²) in [5.74, 6) is 1.10. The summed E-state index contributed by atoms with van der Waals surface area (Å²) in [6, 6.07) is 1.66. The minimum Gasteiger partial charge on any atom is -0.481 e. The second-order valence-electron chi connectivity index (χ2n) is 4.82. The quantitative estimate of drug-likeness (QED) is 0.705. The number of anilines is 1. The summed E-state index contributed by atoms with van der Waals surface area (Å²) in [4.78, 5) is 21.9. The van der Waals surface area contributed by atoms with E-state index < -0.39 is 0 Å². The summed E-state index contributed by atoms with van der Waals surface area (Å²) in [6.45, 7) is 2.60. The fourth-order valence-electron chi connectivity index (χ4n) is 2.00. The number of rotatable bonds is 6. The van der Waals surface area contributed by atoms with Gasteiger partial charge in [0, 0.05) is 18.5 Å². The Balaban J connectivity index is 1.65. The second-order valence-corrected chi connectivity index (χ2v) is 4.82. The maximum Gasteiger partial charge on any atom is 0.247 e. The Labute approximate surface area is 137 Å². The molecule has 1 N–H and O–H groups in total. The third kappa shape index (κ3) is 3.54. The van der Waals surface area contributed by atoms with Gasteiger partial charge in [-0.15, -0.1) is 5.10 Å². The average Bonchev–Trinajstić information content (AvgIpc) is 3.24. The lowest BCUT2D eigenvalue weighted by Gasteiger charge is -2.02. The molecule has 0 radical (unpaired) electrons. The third-order valence-electron chi connectivity index (χ3n) is 3.12. The van der Waals surface area contributed by atoms with Crippen LogP contribution in [0.3, 0.4) is 0 Å². The van der Waals surface area contributed by atoms with E-state index in [4.69, 9.17) is 4.74 Å². The maximum atomic E-state index is 12.0. The molecule has 3 heterocycles. The van der Waals surface area contributed by atoms with E-state index in [2.05, 4.69) is 30.6 Å². The predicted octanol–water partition coefficient (Wildman–Crippen LogP) is 0.599. The molecule has 0 aliphatic carbocycles. The van der Waals surface area contributed by atoms with E-state index in [1.807, 2.05) is 6.92 Å². The zero-order chi connectivity index (χ0) is 16.9. The topological polar surface area (TPSA) is 113 Å². The molecule has 3 aromatic heterocycles. The molecule has 3 aromatic rings. The Morgan fingerprint density at radius 1 is 1.33 bits per heavy atom. The van der Waals surface area contributed by atoms with Gasteiger partial charge in [0.05, 0.1) is 31.6 Å². The van der Waals surface area contributed by atoms with E-state index in [-0.39, 0.29) is 12.5 Å². The number of ether oxygens (including phenoxy) is 1. The SMILES string of the molecule is CCn1ncc(NC(=O)Cn2cc(-c3nccc(OC)n3)cn2)n1. The largest absolute Gasteiger partial charge is 0.481 e. The van der Waals surface area contributed by atoms with Crippen molar-refractivity contribution in [1.82, 2.24) is 34.7 Å². The molecule has 0 bridgehead atoms. The third-order valence-corrected chi connectivity index (χ3v) is 3.12. The van der Waals surface area contributed by atoms with Crippen LogP contribution in [0.15, 0.2) is 30.9 Å². The predicted molar refractivity (Wildman–Crippen MR) is 84.1 cm³/mol. The summed E-state index contributed by atoms with van der Waals surface area (Å²) in [7, 11) is 1.54. The van der Waals surface area contributed by atoms with E-state index in [0.717, 1.165) is 0 Å². The molecule has 24 heavy (non-hydrogen) atoms. The number of aromatic nitrogens is 7. The average molecular weight is 328 g/mol. The first-order valence-corrected chi connectivity index (χ1v) is 7.27. The highest BCUT2D eigenvalue weighted by Gasteiger charge is 2.10. The molecule has 0 aliphatic heterocycles. The fourth-order valence-corrected chi connectivity index (χ4v) is 2.00. The number of methoxy groups -OCH3 is 1. The van der Waals surface area contributed by atoms with Crippen molar-refractivity contribution in [3.63, 3.8) is 0 Å². The molecule has 1 amide bonds. The van der Waals surface area contributed by atoms with Crippen LogP contribution < -0.4 is 10.1 Å². The molecule has 3 rings (SSSR count). The van der Waals surface area contributed by atoms with Crippen molar-refractivity contribution in [2.75, 3.05) is 12.4 Å². The normalized spacial score (nSPS) is 10.6. The summed E-state index contributed by atoms with van der Waals surface area (Å²) in [5.41, 5.74) is 0.693. The lowest BCUT2D eigenvalue weighted by molar-refractivity contribution is -0.116. The lowest BCUT2D eigenvalue weighted by Crippen LogP contribution is -2.19. The van der Waals surface area contributed by atoms with Crippen molar-refractivity contribution < 1.29 is 9.53 Å². The van der Waals surface area contributed by atoms with Crippen LogP contribution in [0.5, 0.6) is 5.88 Å². The van der Waals surface area contributed by atoms with E-state index in [9.17, 15) is 4.79 Å². The van der Waals surface area contributed by atoms with Crippen LogP contribution in [0.4, 0.5) is 5.82 Å². The highest BCUT2D eigenvalue weighted by Crippen LogP contribution is 2.16. The summed E-state index contributed by atoms with van der Waals surface area (Å²) in [6.07, 6.45) is 6.38. The molecule has 0 fully saturated rings. The van der Waals surface area contributed by atoms with E-state index in [1.165, 1.54) is 22.8 Å². The Bertz CT molecular complexity index is 841. The molecule has 0 atom stereocenters. The van der Waals surface area contributed by atoms with E-state index >= 15 is 0 Å². The van der Waals surface area contributed by atoms with Gasteiger partial charge in [0.1, 0.15) is 6.54 Å². The monoisotopic (exact) mass is 328 g/mol. The summed E-state index contributed by atoms with van der Waals surface area (Å²) >= 11 is 0. The van der Waals surface area contributed by atoms with E-state index in [1.54, 1.807) is 24.7 Å². The zero-order valence-corrected chi connectivity index (χ0v) is 13.2. The lowest BCUT2D eigenvalue weighted by atomic mass is 10.3. The molecule has 0 saturated carbocycles. The molecule has 0 aromatic carbocycles. The minimum absolute atomic E-state index is 0.0446. The van der Waals surface area contributed by atoms with Crippen LogP contribution in [0.25, 0.3) is 11.4 Å². The van der Waals surface area contributed by atoms with Crippen LogP contribution in [0, 0.1) is 0 Å². The van der Waals surface area contributed by atoms with Gasteiger partial charge in [0.25, 0.3) is 0 Å². The number of hydrogen-bond donors (Lipinski definition) is 1. The van der Waals surface area contributed by atoms with Crippen molar-refractivity contribution in [2.45, 2.75) is 20.0 Å². The number of carbonyl (C=O) groups is 1. The first-order valence-electron chi connectivity index (χ1n) is 7.27. The molecule has 0 spiro atoms. The molecular weight excluding hydrogens is 312 g/mol. The van der Waals surface area contributed by atoms with Crippen LogP contribution in [-0.4, -0.2) is 47.8 Å². The Hall–Kier alpha value is -3.30. The van der Waals surface area contributed by atoms with Gasteiger partial charge < -0.3 is 10.1 Å². The van der Waals surface area contributed by atoms with Crippen molar-refractivity contribution in [3.8, 4) is 17.3 Å². The number of hydrogen-bond acceptors (Lipinski definition) is 7. The van der Waals surface area contributed by atoms with Crippen LogP contribution in [0.1, 0.15) is 6.92 Å². The highest BCUT2D eigenvalue weighted by molar-refractivity contribution is 5.89. The van der Waals surface area contributed by atoms with E-state index in [0.29, 0.717) is 29.6 Å². The molecule has 10 heteroatoms. The molecule has 10 nitrogen and oxygen atoms in total. The molecule has 124 valence electrons. The van der Waals surface area contributed by atoms with Gasteiger partial charge in [0.2, 0.25) is 11.8 Å². The second kappa shape index (κ2) is 6.86. The van der Waals surface area contributed by atoms with Gasteiger partial charge in [-0.3, -0.25) is 9.48 Å². The number of nitrogens with zero attached hydrogens (tertiary/aromatic N) is 7. The fraction of sp³-hybridized carbons (Fsp3) is 0.286. The molecule has 0 aliphatic rings. The maximum absolute atomic E-state index is 12.0. The van der Waals surface area contributed by atoms with Crippen molar-refractivity contribution in [2.24, 2.45) is 0 Å². The number of carbonyl (C=O) groups excluding carboxylic acids is 1. The van der Waals surface area contributed by atoms with Crippen molar-refractivity contribution in [3.05, 3.63) is 30.9 Å². The molecule has 0 saturated heterocycles. The number of aryl methyl sites for hydroxylation is 1. The van der Waals surface area contributed by atoms with Gasteiger partial charge in [-0.25, -0.2) is 4.98 Å². The Kier molecular flexibility index (Phi) is 4.45. The first kappa shape index (κ1) is 15.6. The summed E-state index contributed by atoms with van der Waals surface area (Å²) in [5, 5.41) is 14.9. The highest BCUT2D eigenvalue weighted by atomic mass is 16.5. The smallest absolute Gasteiger partial charge is 0.247 e. The summed E-state index contributed by atoms with van der Waals surface area (Å²) < 4.78 is 6.57. The van der Waals surface area contributed by atoms with Crippen LogP contribution in [0.2, 0.25) is 0 Å².